The van der Waals surface area contributed by atoms with Crippen LogP contribution in [0.15, 0.2) is 22.7 Å². The van der Waals surface area contributed by atoms with Crippen LogP contribution in [0.25, 0.3) is 0 Å². The van der Waals surface area contributed by atoms with E-state index in [1.54, 1.807) is 6.07 Å². The van der Waals surface area contributed by atoms with Crippen LogP contribution in [0.5, 0.6) is 0 Å². The second-order valence-corrected chi connectivity index (χ2v) is 6.53. The van der Waals surface area contributed by atoms with Crippen LogP contribution in [0.2, 0.25) is 0 Å². The maximum Gasteiger partial charge on any atom is 0.336 e. The summed E-state index contributed by atoms with van der Waals surface area (Å²) in [5.41, 5.74) is 1.31. The van der Waals surface area contributed by atoms with Gasteiger partial charge in [0.2, 0.25) is 5.91 Å². The highest BCUT2D eigenvalue weighted by Crippen LogP contribution is 2.31. The summed E-state index contributed by atoms with van der Waals surface area (Å²) in [6.07, 6.45) is 2.48. The van der Waals surface area contributed by atoms with Crippen molar-refractivity contribution in [2.75, 3.05) is 18.0 Å². The molecule has 2 atom stereocenters. The van der Waals surface area contributed by atoms with Gasteiger partial charge in [-0.2, -0.15) is 0 Å². The number of fused-ring (bicyclic) bond motifs is 1. The fourth-order valence-electron chi connectivity index (χ4n) is 3.22. The molecule has 0 radical (unpaired) electrons. The Morgan fingerprint density at radius 2 is 2.19 bits per heavy atom. The highest BCUT2D eigenvalue weighted by Gasteiger charge is 2.33. The smallest absolute Gasteiger partial charge is 0.336 e. The maximum atomic E-state index is 11.4. The molecule has 0 bridgehead atoms. The topological polar surface area (TPSA) is 69.6 Å². The molecule has 2 heterocycles. The fraction of sp³-hybridized carbons (Fsp3) is 0.467. The monoisotopic (exact) mass is 352 g/mol. The molecule has 6 heteroatoms. The minimum Gasteiger partial charge on any atom is -0.478 e. The molecule has 21 heavy (non-hydrogen) atoms. The van der Waals surface area contributed by atoms with Gasteiger partial charge in [0.1, 0.15) is 0 Å². The van der Waals surface area contributed by atoms with E-state index in [1.807, 2.05) is 12.1 Å². The lowest BCUT2D eigenvalue weighted by Gasteiger charge is -2.42. The molecule has 0 aliphatic carbocycles. The number of aromatic carboxylic acids is 1. The predicted molar refractivity (Wildman–Crippen MR) is 82.6 cm³/mol. The van der Waals surface area contributed by atoms with Gasteiger partial charge in [-0.05, 0) is 52.9 Å². The lowest BCUT2D eigenvalue weighted by atomic mass is 9.85. The van der Waals surface area contributed by atoms with Gasteiger partial charge in [-0.3, -0.25) is 4.79 Å². The zero-order valence-electron chi connectivity index (χ0n) is 11.5. The van der Waals surface area contributed by atoms with Gasteiger partial charge in [0.25, 0.3) is 0 Å². The Morgan fingerprint density at radius 1 is 1.38 bits per heavy atom. The van der Waals surface area contributed by atoms with E-state index in [1.165, 1.54) is 0 Å². The van der Waals surface area contributed by atoms with Crippen LogP contribution in [0.1, 0.15) is 29.6 Å². The van der Waals surface area contributed by atoms with Crippen LogP contribution in [-0.4, -0.2) is 36.1 Å². The molecular weight excluding hydrogens is 336 g/mol. The molecule has 0 saturated carbocycles. The molecule has 1 aromatic carbocycles. The van der Waals surface area contributed by atoms with Crippen LogP contribution in [0.3, 0.4) is 0 Å². The number of nitrogens with one attached hydrogen (secondary N) is 1. The lowest BCUT2D eigenvalue weighted by Crippen LogP contribution is -2.54. The molecule has 2 fully saturated rings. The third-order valence-electron chi connectivity index (χ3n) is 4.37. The Morgan fingerprint density at radius 3 is 2.90 bits per heavy atom. The molecule has 0 spiro atoms. The number of carbonyl (C=O) groups is 2. The van der Waals surface area contributed by atoms with Gasteiger partial charge in [0, 0.05) is 35.7 Å². The number of hydrogen-bond acceptors (Lipinski definition) is 3. The second kappa shape index (κ2) is 5.67. The number of halogens is 1. The van der Waals surface area contributed by atoms with Crippen molar-refractivity contribution in [2.45, 2.75) is 25.3 Å². The molecule has 2 aliphatic heterocycles. The summed E-state index contributed by atoms with van der Waals surface area (Å²) in [7, 11) is 0. The summed E-state index contributed by atoms with van der Waals surface area (Å²) in [5, 5.41) is 12.1. The van der Waals surface area contributed by atoms with Gasteiger partial charge in [0.15, 0.2) is 0 Å². The van der Waals surface area contributed by atoms with E-state index in [-0.39, 0.29) is 11.5 Å². The lowest BCUT2D eigenvalue weighted by molar-refractivity contribution is -0.124. The Labute approximate surface area is 131 Å². The third kappa shape index (κ3) is 2.90. The van der Waals surface area contributed by atoms with E-state index in [2.05, 4.69) is 26.1 Å². The molecule has 112 valence electrons. The summed E-state index contributed by atoms with van der Waals surface area (Å²) in [5.74, 6) is -0.283. The van der Waals surface area contributed by atoms with Crippen LogP contribution < -0.4 is 10.2 Å². The largest absolute Gasteiger partial charge is 0.478 e. The zero-order chi connectivity index (χ0) is 15.0. The van der Waals surface area contributed by atoms with Crippen molar-refractivity contribution in [3.05, 3.63) is 28.2 Å². The van der Waals surface area contributed by atoms with Crippen LogP contribution in [0.4, 0.5) is 5.69 Å². The number of benzene rings is 1. The fourth-order valence-corrected chi connectivity index (χ4v) is 3.76. The number of piperidine rings is 2. The van der Waals surface area contributed by atoms with Gasteiger partial charge in [-0.25, -0.2) is 4.79 Å². The summed E-state index contributed by atoms with van der Waals surface area (Å²) in [4.78, 5) is 24.7. The van der Waals surface area contributed by atoms with Crippen molar-refractivity contribution in [1.29, 1.82) is 0 Å². The molecule has 5 nitrogen and oxygen atoms in total. The number of rotatable bonds is 2. The van der Waals surface area contributed by atoms with Gasteiger partial charge in [0.05, 0.1) is 5.56 Å². The van der Waals surface area contributed by atoms with Crippen molar-refractivity contribution in [3.8, 4) is 0 Å². The van der Waals surface area contributed by atoms with E-state index < -0.39 is 5.97 Å². The second-order valence-electron chi connectivity index (χ2n) is 5.68. The van der Waals surface area contributed by atoms with Crippen LogP contribution >= 0.6 is 15.9 Å². The number of anilines is 1. The number of nitrogens with zero attached hydrogens (tertiary/aromatic N) is 1. The summed E-state index contributed by atoms with van der Waals surface area (Å²) in [6, 6.07) is 5.65. The highest BCUT2D eigenvalue weighted by atomic mass is 79.9. The van der Waals surface area contributed by atoms with Gasteiger partial charge in [-0.1, -0.05) is 0 Å². The van der Waals surface area contributed by atoms with E-state index in [4.69, 9.17) is 5.11 Å². The van der Waals surface area contributed by atoms with E-state index in [9.17, 15) is 9.59 Å². The number of carboxylic acid groups (broad SMARTS) is 1. The molecule has 3 rings (SSSR count). The molecule has 0 aromatic heterocycles. The highest BCUT2D eigenvalue weighted by molar-refractivity contribution is 9.10. The number of carboxylic acids is 1. The summed E-state index contributed by atoms with van der Waals surface area (Å²) < 4.78 is 0.603. The average molecular weight is 353 g/mol. The van der Waals surface area contributed by atoms with Crippen LogP contribution in [-0.2, 0) is 4.79 Å². The number of carbonyl (C=O) groups excluding carboxylic acids is 1. The summed E-state index contributed by atoms with van der Waals surface area (Å²) in [6.45, 7) is 1.78. The number of hydrogen-bond donors (Lipinski definition) is 2. The van der Waals surface area contributed by atoms with Gasteiger partial charge < -0.3 is 15.3 Å². The molecule has 2 N–H and O–H groups in total. The Bertz CT molecular complexity index is 590. The first-order valence-corrected chi connectivity index (χ1v) is 7.91. The standard InChI is InChI=1S/C15H17BrN2O3/c16-12-7-10(2-3-11(12)15(20)21)18-6-5-13-9(8-18)1-4-14(19)17-13/h2-3,7,9,13H,1,4-6,8H2,(H,17,19)(H,20,21). The van der Waals surface area contributed by atoms with Crippen molar-refractivity contribution in [1.82, 2.24) is 5.32 Å². The Hall–Kier alpha value is -1.56. The first kappa shape index (κ1) is 14.4. The quantitative estimate of drug-likeness (QED) is 0.856. The first-order valence-electron chi connectivity index (χ1n) is 7.12. The van der Waals surface area contributed by atoms with Crippen molar-refractivity contribution >= 4 is 33.5 Å². The molecule has 2 saturated heterocycles. The minimum atomic E-state index is -0.929. The van der Waals surface area contributed by atoms with Crippen LogP contribution in [0, 0.1) is 5.92 Å². The molecule has 2 aliphatic rings. The molecule has 1 aromatic rings. The molecule has 1 amide bonds. The number of amides is 1. The predicted octanol–water partition coefficient (Wildman–Crippen LogP) is 2.25. The zero-order valence-corrected chi connectivity index (χ0v) is 13.1. The first-order chi connectivity index (χ1) is 10.0. The van der Waals surface area contributed by atoms with Gasteiger partial charge in [-0.15, -0.1) is 0 Å². The van der Waals surface area contributed by atoms with E-state index in [0.717, 1.165) is 31.6 Å². The van der Waals surface area contributed by atoms with E-state index in [0.29, 0.717) is 22.9 Å². The SMILES string of the molecule is O=C1CCC2CN(c3ccc(C(=O)O)c(Br)c3)CCC2N1. The minimum absolute atomic E-state index is 0.165. The van der Waals surface area contributed by atoms with E-state index >= 15 is 0 Å². The summed E-state index contributed by atoms with van der Waals surface area (Å²) >= 11 is 3.33. The Balaban J connectivity index is 1.75. The normalized spacial score (nSPS) is 25.2. The van der Waals surface area contributed by atoms with Crippen molar-refractivity contribution in [2.24, 2.45) is 5.92 Å². The molecular formula is C15H17BrN2O3. The van der Waals surface area contributed by atoms with Crippen molar-refractivity contribution in [3.63, 3.8) is 0 Å². The average Bonchev–Trinajstić information content (AvgIpc) is 2.46. The van der Waals surface area contributed by atoms with Gasteiger partial charge >= 0.3 is 5.97 Å². The molecule has 2 unspecified atom stereocenters. The van der Waals surface area contributed by atoms with Crippen molar-refractivity contribution < 1.29 is 14.7 Å². The maximum absolute atomic E-state index is 11.4. The Kier molecular flexibility index (Phi) is 3.89. The third-order valence-corrected chi connectivity index (χ3v) is 5.03.